The van der Waals surface area contributed by atoms with Gasteiger partial charge in [0.15, 0.2) is 0 Å². The lowest BCUT2D eigenvalue weighted by Crippen LogP contribution is -2.01. The van der Waals surface area contributed by atoms with E-state index in [-0.39, 0.29) is 6.61 Å². The summed E-state index contributed by atoms with van der Waals surface area (Å²) in [6.45, 7) is 0.680. The lowest BCUT2D eigenvalue weighted by molar-refractivity contribution is 0.184. The highest BCUT2D eigenvalue weighted by Crippen LogP contribution is 2.31. The standard InChI is InChI=1S/C13H20O4/c1-15-9-10-7-12(16-2)11(5-4-6-14)13(8-10)17-3/h7-8,14H,4-6,9H2,1-3H3. The van der Waals surface area contributed by atoms with Crippen molar-refractivity contribution in [1.29, 1.82) is 0 Å². The van der Waals surface area contributed by atoms with E-state index in [1.807, 2.05) is 12.1 Å². The molecule has 4 heteroatoms. The quantitative estimate of drug-likeness (QED) is 0.789. The Labute approximate surface area is 102 Å². The van der Waals surface area contributed by atoms with Gasteiger partial charge in [-0.15, -0.1) is 0 Å². The molecule has 17 heavy (non-hydrogen) atoms. The zero-order chi connectivity index (χ0) is 12.7. The second-order valence-corrected chi connectivity index (χ2v) is 3.74. The fourth-order valence-corrected chi connectivity index (χ4v) is 1.79. The number of benzene rings is 1. The van der Waals surface area contributed by atoms with Crippen molar-refractivity contribution in [2.75, 3.05) is 27.9 Å². The van der Waals surface area contributed by atoms with Crippen LogP contribution in [-0.4, -0.2) is 33.0 Å². The van der Waals surface area contributed by atoms with Crippen LogP contribution in [0.1, 0.15) is 17.5 Å². The molecule has 96 valence electrons. The van der Waals surface area contributed by atoms with E-state index in [1.165, 1.54) is 0 Å². The van der Waals surface area contributed by atoms with Crippen LogP contribution in [0.5, 0.6) is 11.5 Å². The third-order valence-corrected chi connectivity index (χ3v) is 2.56. The fraction of sp³-hybridized carbons (Fsp3) is 0.538. The Morgan fingerprint density at radius 2 is 1.65 bits per heavy atom. The highest BCUT2D eigenvalue weighted by Gasteiger charge is 2.12. The van der Waals surface area contributed by atoms with Gasteiger partial charge >= 0.3 is 0 Å². The van der Waals surface area contributed by atoms with E-state index in [9.17, 15) is 0 Å². The normalized spacial score (nSPS) is 10.4. The van der Waals surface area contributed by atoms with Gasteiger partial charge in [-0.25, -0.2) is 0 Å². The number of aliphatic hydroxyl groups excluding tert-OH is 1. The van der Waals surface area contributed by atoms with E-state index in [0.29, 0.717) is 13.0 Å². The SMILES string of the molecule is COCc1cc(OC)c(CCCO)c(OC)c1. The van der Waals surface area contributed by atoms with E-state index in [1.54, 1.807) is 21.3 Å². The Hall–Kier alpha value is -1.26. The number of ether oxygens (including phenoxy) is 3. The largest absolute Gasteiger partial charge is 0.496 e. The van der Waals surface area contributed by atoms with Crippen LogP contribution in [0.4, 0.5) is 0 Å². The first-order chi connectivity index (χ1) is 8.26. The first-order valence-corrected chi connectivity index (χ1v) is 5.60. The molecule has 0 aliphatic carbocycles. The number of aliphatic hydroxyl groups is 1. The van der Waals surface area contributed by atoms with Crippen molar-refractivity contribution in [2.24, 2.45) is 0 Å². The third kappa shape index (κ3) is 3.61. The van der Waals surface area contributed by atoms with Gasteiger partial charge in [-0.1, -0.05) is 0 Å². The summed E-state index contributed by atoms with van der Waals surface area (Å²) in [7, 11) is 4.92. The van der Waals surface area contributed by atoms with E-state index in [2.05, 4.69) is 0 Å². The average molecular weight is 240 g/mol. The molecule has 0 amide bonds. The Morgan fingerprint density at radius 1 is 1.06 bits per heavy atom. The van der Waals surface area contributed by atoms with Gasteiger partial charge in [-0.2, -0.15) is 0 Å². The van der Waals surface area contributed by atoms with Crippen LogP contribution in [-0.2, 0) is 17.8 Å². The topological polar surface area (TPSA) is 47.9 Å². The van der Waals surface area contributed by atoms with Crippen molar-refractivity contribution in [3.8, 4) is 11.5 Å². The molecule has 0 aromatic heterocycles. The molecule has 0 fully saturated rings. The minimum Gasteiger partial charge on any atom is -0.496 e. The van der Waals surface area contributed by atoms with E-state index in [4.69, 9.17) is 19.3 Å². The monoisotopic (exact) mass is 240 g/mol. The van der Waals surface area contributed by atoms with Crippen molar-refractivity contribution < 1.29 is 19.3 Å². The van der Waals surface area contributed by atoms with Gasteiger partial charge in [0.05, 0.1) is 20.8 Å². The zero-order valence-electron chi connectivity index (χ0n) is 10.7. The summed E-state index contributed by atoms with van der Waals surface area (Å²) in [5.41, 5.74) is 2.00. The summed E-state index contributed by atoms with van der Waals surface area (Å²) >= 11 is 0. The number of hydrogen-bond acceptors (Lipinski definition) is 4. The lowest BCUT2D eigenvalue weighted by Gasteiger charge is -2.15. The number of hydrogen-bond donors (Lipinski definition) is 1. The molecular formula is C13H20O4. The van der Waals surface area contributed by atoms with Crippen molar-refractivity contribution >= 4 is 0 Å². The second-order valence-electron chi connectivity index (χ2n) is 3.74. The van der Waals surface area contributed by atoms with Crippen LogP contribution in [0.3, 0.4) is 0 Å². The van der Waals surface area contributed by atoms with Crippen LogP contribution in [0.2, 0.25) is 0 Å². The smallest absolute Gasteiger partial charge is 0.126 e. The van der Waals surface area contributed by atoms with E-state index < -0.39 is 0 Å². The predicted molar refractivity (Wildman–Crippen MR) is 65.7 cm³/mol. The van der Waals surface area contributed by atoms with Crippen LogP contribution < -0.4 is 9.47 Å². The van der Waals surface area contributed by atoms with Gasteiger partial charge in [0.1, 0.15) is 11.5 Å². The molecular weight excluding hydrogens is 220 g/mol. The van der Waals surface area contributed by atoms with Gasteiger partial charge in [-0.3, -0.25) is 0 Å². The first-order valence-electron chi connectivity index (χ1n) is 5.60. The zero-order valence-corrected chi connectivity index (χ0v) is 10.7. The van der Waals surface area contributed by atoms with Crippen molar-refractivity contribution in [2.45, 2.75) is 19.4 Å². The number of methoxy groups -OCH3 is 3. The Bertz CT molecular complexity index is 324. The molecule has 0 heterocycles. The summed E-state index contributed by atoms with van der Waals surface area (Å²) in [5.74, 6) is 1.56. The van der Waals surface area contributed by atoms with Crippen molar-refractivity contribution in [3.63, 3.8) is 0 Å². The minimum atomic E-state index is 0.159. The maximum atomic E-state index is 8.89. The Morgan fingerprint density at radius 3 is 2.06 bits per heavy atom. The third-order valence-electron chi connectivity index (χ3n) is 2.56. The molecule has 0 radical (unpaired) electrons. The summed E-state index contributed by atoms with van der Waals surface area (Å²) in [6, 6.07) is 3.89. The highest BCUT2D eigenvalue weighted by molar-refractivity contribution is 5.48. The number of rotatable bonds is 7. The molecule has 0 aliphatic rings. The van der Waals surface area contributed by atoms with E-state index >= 15 is 0 Å². The molecule has 0 aliphatic heterocycles. The molecule has 1 rings (SSSR count). The Balaban J connectivity index is 3.07. The average Bonchev–Trinajstić information content (AvgIpc) is 2.36. The predicted octanol–water partition coefficient (Wildman–Crippen LogP) is 1.78. The molecule has 0 bridgehead atoms. The molecule has 0 unspecified atom stereocenters. The van der Waals surface area contributed by atoms with Gasteiger partial charge in [0.2, 0.25) is 0 Å². The van der Waals surface area contributed by atoms with Crippen molar-refractivity contribution in [3.05, 3.63) is 23.3 Å². The summed E-state index contributed by atoms with van der Waals surface area (Å²) in [6.07, 6.45) is 1.42. The first kappa shape index (κ1) is 13.8. The fourth-order valence-electron chi connectivity index (χ4n) is 1.79. The molecule has 0 atom stereocenters. The lowest BCUT2D eigenvalue weighted by atomic mass is 10.0. The molecule has 1 aromatic carbocycles. The molecule has 0 saturated heterocycles. The minimum absolute atomic E-state index is 0.159. The van der Waals surface area contributed by atoms with Crippen LogP contribution in [0.25, 0.3) is 0 Å². The highest BCUT2D eigenvalue weighted by atomic mass is 16.5. The Kier molecular flexibility index (Phi) is 5.80. The molecule has 0 spiro atoms. The molecule has 1 aromatic rings. The maximum Gasteiger partial charge on any atom is 0.126 e. The second kappa shape index (κ2) is 7.14. The van der Waals surface area contributed by atoms with Crippen LogP contribution in [0.15, 0.2) is 12.1 Å². The van der Waals surface area contributed by atoms with Gasteiger partial charge in [0.25, 0.3) is 0 Å². The van der Waals surface area contributed by atoms with Crippen LogP contribution in [0, 0.1) is 0 Å². The van der Waals surface area contributed by atoms with Gasteiger partial charge < -0.3 is 19.3 Å². The summed E-state index contributed by atoms with van der Waals surface area (Å²) < 4.78 is 15.8. The maximum absolute atomic E-state index is 8.89. The van der Waals surface area contributed by atoms with Gasteiger partial charge in [-0.05, 0) is 30.5 Å². The van der Waals surface area contributed by atoms with Crippen molar-refractivity contribution in [1.82, 2.24) is 0 Å². The van der Waals surface area contributed by atoms with E-state index in [0.717, 1.165) is 29.0 Å². The molecule has 0 saturated carbocycles. The summed E-state index contributed by atoms with van der Waals surface area (Å²) in [4.78, 5) is 0. The van der Waals surface area contributed by atoms with Crippen LogP contribution >= 0.6 is 0 Å². The summed E-state index contributed by atoms with van der Waals surface area (Å²) in [5, 5.41) is 8.89. The molecule has 4 nitrogen and oxygen atoms in total. The molecule has 1 N–H and O–H groups in total. The van der Waals surface area contributed by atoms with Gasteiger partial charge in [0, 0.05) is 19.3 Å².